The molecule has 1 N–H and O–H groups in total. The monoisotopic (exact) mass is 447 g/mol. The predicted molar refractivity (Wildman–Crippen MR) is 113 cm³/mol. The van der Waals surface area contributed by atoms with Crippen LogP contribution in [0.2, 0.25) is 0 Å². The maximum atomic E-state index is 13.1. The van der Waals surface area contributed by atoms with E-state index in [9.17, 15) is 28.1 Å². The number of alkyl halides is 3. The summed E-state index contributed by atoms with van der Waals surface area (Å²) in [6, 6.07) is 12.1. The number of nitro benzene ring substituents is 1. The Kier molecular flexibility index (Phi) is 5.38. The van der Waals surface area contributed by atoms with Crippen molar-refractivity contribution in [1.82, 2.24) is 4.90 Å². The van der Waals surface area contributed by atoms with Gasteiger partial charge in [0, 0.05) is 25.2 Å². The lowest BCUT2D eigenvalue weighted by molar-refractivity contribution is -0.384. The van der Waals surface area contributed by atoms with Gasteiger partial charge in [-0.15, -0.1) is 0 Å². The van der Waals surface area contributed by atoms with E-state index in [1.54, 1.807) is 6.07 Å². The highest BCUT2D eigenvalue weighted by molar-refractivity contribution is 5.82. The van der Waals surface area contributed by atoms with Crippen molar-refractivity contribution in [3.8, 4) is 0 Å². The highest BCUT2D eigenvalue weighted by Crippen LogP contribution is 2.51. The van der Waals surface area contributed by atoms with Crippen molar-refractivity contribution < 1.29 is 22.9 Å². The van der Waals surface area contributed by atoms with Crippen LogP contribution >= 0.6 is 0 Å². The first-order valence-electron chi connectivity index (χ1n) is 10.5. The van der Waals surface area contributed by atoms with Crippen LogP contribution in [0.3, 0.4) is 0 Å². The normalized spacial score (nSPS) is 24.6. The minimum absolute atomic E-state index is 0.00700. The molecule has 0 spiro atoms. The van der Waals surface area contributed by atoms with Crippen LogP contribution in [0.5, 0.6) is 0 Å². The number of nitrogens with zero attached hydrogens (tertiary/aromatic N) is 2. The topological polar surface area (TPSA) is 75.5 Å². The predicted octanol–water partition coefficient (Wildman–Crippen LogP) is 4.82. The zero-order valence-corrected chi connectivity index (χ0v) is 17.8. The minimum atomic E-state index is -4.94. The first-order chi connectivity index (χ1) is 15.0. The molecule has 3 atom stereocenters. The molecular weight excluding hydrogens is 423 g/mol. The van der Waals surface area contributed by atoms with E-state index in [2.05, 4.69) is 5.32 Å². The highest BCUT2D eigenvalue weighted by Gasteiger charge is 2.54. The SMILES string of the molecule is C[C@@H]1[C@H]2Cc3cc([N+](=O)[O-])c(NCc4ccccc4)cc3[C@]1(C)CCN2C(=O)C(F)(F)F. The second-order valence-corrected chi connectivity index (χ2v) is 8.85. The molecule has 1 aliphatic heterocycles. The van der Waals surface area contributed by atoms with Gasteiger partial charge in [0.25, 0.3) is 5.69 Å². The van der Waals surface area contributed by atoms with E-state index in [-0.39, 0.29) is 24.6 Å². The molecule has 1 heterocycles. The average Bonchev–Trinajstić information content (AvgIpc) is 2.74. The smallest absolute Gasteiger partial charge is 0.375 e. The van der Waals surface area contributed by atoms with E-state index in [1.165, 1.54) is 6.07 Å². The Bertz CT molecular complexity index is 1060. The zero-order valence-electron chi connectivity index (χ0n) is 17.8. The molecule has 0 aromatic heterocycles. The summed E-state index contributed by atoms with van der Waals surface area (Å²) in [6.07, 6.45) is -4.42. The molecule has 0 radical (unpaired) electrons. The highest BCUT2D eigenvalue weighted by atomic mass is 19.4. The van der Waals surface area contributed by atoms with Crippen molar-refractivity contribution in [1.29, 1.82) is 0 Å². The molecule has 1 amide bonds. The van der Waals surface area contributed by atoms with Gasteiger partial charge in [0.2, 0.25) is 0 Å². The summed E-state index contributed by atoms with van der Waals surface area (Å²) in [6.45, 7) is 4.25. The van der Waals surface area contributed by atoms with Crippen molar-refractivity contribution >= 4 is 17.3 Å². The molecule has 1 saturated heterocycles. The molecule has 1 aliphatic carbocycles. The molecule has 32 heavy (non-hydrogen) atoms. The quantitative estimate of drug-likeness (QED) is 0.539. The van der Waals surface area contributed by atoms with E-state index in [0.29, 0.717) is 24.2 Å². The molecule has 1 fully saturated rings. The van der Waals surface area contributed by atoms with Crippen LogP contribution in [0, 0.1) is 16.0 Å². The lowest BCUT2D eigenvalue weighted by Gasteiger charge is -2.54. The van der Waals surface area contributed by atoms with Crippen LogP contribution < -0.4 is 5.32 Å². The van der Waals surface area contributed by atoms with Crippen molar-refractivity contribution in [2.75, 3.05) is 11.9 Å². The fraction of sp³-hybridized carbons (Fsp3) is 0.435. The number of nitro groups is 1. The summed E-state index contributed by atoms with van der Waals surface area (Å²) < 4.78 is 39.4. The second kappa shape index (κ2) is 7.79. The number of piperidine rings is 1. The average molecular weight is 447 g/mol. The molecular formula is C23H24F3N3O3. The van der Waals surface area contributed by atoms with E-state index in [0.717, 1.165) is 16.0 Å². The number of halogens is 3. The van der Waals surface area contributed by atoms with Crippen LogP contribution in [0.25, 0.3) is 0 Å². The van der Waals surface area contributed by atoms with Crippen molar-refractivity contribution in [3.63, 3.8) is 0 Å². The van der Waals surface area contributed by atoms with Crippen molar-refractivity contribution in [2.24, 2.45) is 5.92 Å². The fourth-order valence-electron chi connectivity index (χ4n) is 5.17. The van der Waals surface area contributed by atoms with Gasteiger partial charge < -0.3 is 10.2 Å². The van der Waals surface area contributed by atoms with Crippen LogP contribution in [-0.4, -0.2) is 34.5 Å². The second-order valence-electron chi connectivity index (χ2n) is 8.85. The number of hydrogen-bond donors (Lipinski definition) is 1. The van der Waals surface area contributed by atoms with Gasteiger partial charge in [-0.05, 0) is 46.9 Å². The third kappa shape index (κ3) is 3.69. The van der Waals surface area contributed by atoms with Crippen LogP contribution in [-0.2, 0) is 23.2 Å². The van der Waals surface area contributed by atoms with Crippen LogP contribution in [0.1, 0.15) is 37.0 Å². The number of carbonyl (C=O) groups excluding carboxylic acids is 1. The molecule has 6 nitrogen and oxygen atoms in total. The molecule has 4 rings (SSSR count). The molecule has 9 heteroatoms. The molecule has 2 bridgehead atoms. The van der Waals surface area contributed by atoms with E-state index in [1.807, 2.05) is 44.2 Å². The van der Waals surface area contributed by atoms with Crippen LogP contribution in [0.4, 0.5) is 24.5 Å². The largest absolute Gasteiger partial charge is 0.471 e. The third-order valence-electron chi connectivity index (χ3n) is 7.15. The maximum Gasteiger partial charge on any atom is 0.471 e. The number of rotatable bonds is 4. The number of anilines is 1. The molecule has 2 aromatic carbocycles. The molecule has 0 saturated carbocycles. The third-order valence-corrected chi connectivity index (χ3v) is 7.15. The maximum absolute atomic E-state index is 13.1. The number of likely N-dealkylation sites (tertiary alicyclic amines) is 1. The molecule has 0 unspecified atom stereocenters. The van der Waals surface area contributed by atoms with Gasteiger partial charge in [-0.25, -0.2) is 0 Å². The Morgan fingerprint density at radius 1 is 1.28 bits per heavy atom. The Morgan fingerprint density at radius 3 is 2.59 bits per heavy atom. The van der Waals surface area contributed by atoms with Gasteiger partial charge in [0.1, 0.15) is 5.69 Å². The Labute approximate surface area is 183 Å². The van der Waals surface area contributed by atoms with E-state index < -0.39 is 28.5 Å². The molecule has 2 aliphatic rings. The number of nitrogens with one attached hydrogen (secondary N) is 1. The number of fused-ring (bicyclic) bond motifs is 4. The number of carbonyl (C=O) groups is 1. The summed E-state index contributed by atoms with van der Waals surface area (Å²) in [5.41, 5.74) is 2.29. The van der Waals surface area contributed by atoms with Gasteiger partial charge in [-0.3, -0.25) is 14.9 Å². The van der Waals surface area contributed by atoms with E-state index in [4.69, 9.17) is 0 Å². The Balaban J connectivity index is 1.72. The Morgan fingerprint density at radius 2 is 1.97 bits per heavy atom. The summed E-state index contributed by atoms with van der Waals surface area (Å²) in [5.74, 6) is -2.06. The van der Waals surface area contributed by atoms with Gasteiger partial charge in [0.05, 0.1) is 4.92 Å². The minimum Gasteiger partial charge on any atom is -0.375 e. The Hall–Kier alpha value is -3.10. The van der Waals surface area contributed by atoms with Gasteiger partial charge in [0.15, 0.2) is 0 Å². The van der Waals surface area contributed by atoms with Crippen LogP contribution in [0.15, 0.2) is 42.5 Å². The van der Waals surface area contributed by atoms with Crippen molar-refractivity contribution in [2.45, 2.75) is 50.9 Å². The zero-order chi connectivity index (χ0) is 23.3. The first-order valence-corrected chi connectivity index (χ1v) is 10.5. The van der Waals surface area contributed by atoms with Gasteiger partial charge in [-0.1, -0.05) is 44.2 Å². The first kappa shape index (κ1) is 22.1. The van der Waals surface area contributed by atoms with Gasteiger partial charge in [-0.2, -0.15) is 13.2 Å². The molecule has 170 valence electrons. The fourth-order valence-corrected chi connectivity index (χ4v) is 5.17. The summed E-state index contributed by atoms with van der Waals surface area (Å²) in [7, 11) is 0. The lowest BCUT2D eigenvalue weighted by Crippen LogP contribution is -2.61. The number of benzene rings is 2. The van der Waals surface area contributed by atoms with Crippen molar-refractivity contribution in [3.05, 3.63) is 69.3 Å². The van der Waals surface area contributed by atoms with E-state index >= 15 is 0 Å². The lowest BCUT2D eigenvalue weighted by atomic mass is 9.59. The standard InChI is InChI=1S/C23H24F3N3O3/c1-14-19-10-16-11-20(29(31)32)18(27-13-15-6-4-3-5-7-15)12-17(16)22(14,2)8-9-28(19)21(30)23(24,25)26/h3-7,11-12,14,19,27H,8-10,13H2,1-2H3/t14-,19-,22-/m1/s1. The van der Waals surface area contributed by atoms with Gasteiger partial charge >= 0.3 is 12.1 Å². The summed E-state index contributed by atoms with van der Waals surface area (Å²) in [5, 5.41) is 14.9. The molecule has 2 aromatic rings. The number of hydrogen-bond acceptors (Lipinski definition) is 4. The summed E-state index contributed by atoms with van der Waals surface area (Å²) >= 11 is 0. The number of amides is 1. The summed E-state index contributed by atoms with van der Waals surface area (Å²) in [4.78, 5) is 24.2.